The highest BCUT2D eigenvalue weighted by atomic mass is 16.5. The molecule has 0 spiro atoms. The summed E-state index contributed by atoms with van der Waals surface area (Å²) in [7, 11) is 0. The Bertz CT molecular complexity index is 831. The van der Waals surface area contributed by atoms with Crippen LogP contribution in [0.15, 0.2) is 42.7 Å². The van der Waals surface area contributed by atoms with Crippen LogP contribution in [0.1, 0.15) is 24.5 Å². The summed E-state index contributed by atoms with van der Waals surface area (Å²) in [6.07, 6.45) is 1.74. The molecule has 1 aliphatic rings. The Balaban J connectivity index is 1.49. The Hall–Kier alpha value is -2.31. The third-order valence-electron chi connectivity index (χ3n) is 4.47. The van der Waals surface area contributed by atoms with Crippen molar-refractivity contribution in [2.24, 2.45) is 0 Å². The minimum absolute atomic E-state index is 0.0262. The molecule has 6 nitrogen and oxygen atoms in total. The predicted octanol–water partition coefficient (Wildman–Crippen LogP) is 2.42. The molecule has 0 saturated carbocycles. The number of benzene rings is 1. The molecule has 3 heterocycles. The lowest BCUT2D eigenvalue weighted by molar-refractivity contribution is -0.0391. The minimum Gasteiger partial charge on any atom is -0.368 e. The molecule has 1 aromatic carbocycles. The SMILES string of the molecule is CCn1cnnc1[C@H]1CN(Cc2ccc3ccccc3n2)CCO1. The zero-order valence-corrected chi connectivity index (χ0v) is 13.8. The lowest BCUT2D eigenvalue weighted by atomic mass is 10.2. The van der Waals surface area contributed by atoms with E-state index in [2.05, 4.69) is 46.3 Å². The van der Waals surface area contributed by atoms with Crippen molar-refractivity contribution in [3.8, 4) is 0 Å². The average Bonchev–Trinajstić information content (AvgIpc) is 3.11. The van der Waals surface area contributed by atoms with Gasteiger partial charge in [0.1, 0.15) is 12.4 Å². The van der Waals surface area contributed by atoms with Crippen molar-refractivity contribution in [2.45, 2.75) is 26.1 Å². The van der Waals surface area contributed by atoms with E-state index in [9.17, 15) is 0 Å². The number of aromatic nitrogens is 4. The predicted molar refractivity (Wildman–Crippen MR) is 91.4 cm³/mol. The van der Waals surface area contributed by atoms with E-state index in [1.807, 2.05) is 16.7 Å². The first kappa shape index (κ1) is 15.2. The van der Waals surface area contributed by atoms with Gasteiger partial charge in [0.15, 0.2) is 5.82 Å². The van der Waals surface area contributed by atoms with Crippen LogP contribution in [0.2, 0.25) is 0 Å². The van der Waals surface area contributed by atoms with Crippen LogP contribution < -0.4 is 0 Å². The maximum atomic E-state index is 5.92. The number of fused-ring (bicyclic) bond motifs is 1. The first-order valence-electron chi connectivity index (χ1n) is 8.40. The van der Waals surface area contributed by atoms with E-state index < -0.39 is 0 Å². The molecule has 1 aliphatic heterocycles. The van der Waals surface area contributed by atoms with E-state index in [4.69, 9.17) is 9.72 Å². The molecule has 6 heteroatoms. The highest BCUT2D eigenvalue weighted by Crippen LogP contribution is 2.22. The van der Waals surface area contributed by atoms with E-state index in [1.54, 1.807) is 6.33 Å². The number of rotatable bonds is 4. The molecule has 4 rings (SSSR count). The van der Waals surface area contributed by atoms with Gasteiger partial charge in [-0.25, -0.2) is 0 Å². The number of morpholine rings is 1. The minimum atomic E-state index is -0.0262. The molecule has 3 aromatic rings. The van der Waals surface area contributed by atoms with Gasteiger partial charge in [-0.1, -0.05) is 24.3 Å². The monoisotopic (exact) mass is 323 g/mol. The number of ether oxygens (including phenoxy) is 1. The van der Waals surface area contributed by atoms with Crippen LogP contribution in [0, 0.1) is 0 Å². The molecule has 0 bridgehead atoms. The van der Waals surface area contributed by atoms with Gasteiger partial charge in [-0.15, -0.1) is 10.2 Å². The molecule has 1 fully saturated rings. The number of nitrogens with zero attached hydrogens (tertiary/aromatic N) is 5. The van der Waals surface area contributed by atoms with Crippen molar-refractivity contribution in [2.75, 3.05) is 19.7 Å². The smallest absolute Gasteiger partial charge is 0.163 e. The molecule has 0 amide bonds. The standard InChI is InChI=1S/C18H21N5O/c1-2-23-13-19-21-18(23)17-12-22(9-10-24-17)11-15-8-7-14-5-3-4-6-16(14)20-15/h3-8,13,17H,2,9-12H2,1H3/t17-/m1/s1. The van der Waals surface area contributed by atoms with Crippen molar-refractivity contribution >= 4 is 10.9 Å². The molecule has 0 unspecified atom stereocenters. The molecule has 0 N–H and O–H groups in total. The molecular formula is C18H21N5O. The van der Waals surface area contributed by atoms with Gasteiger partial charge < -0.3 is 9.30 Å². The molecule has 1 saturated heterocycles. The van der Waals surface area contributed by atoms with Crippen LogP contribution in [-0.4, -0.2) is 44.3 Å². The van der Waals surface area contributed by atoms with Gasteiger partial charge in [0.25, 0.3) is 0 Å². The van der Waals surface area contributed by atoms with E-state index in [1.165, 1.54) is 5.39 Å². The largest absolute Gasteiger partial charge is 0.368 e. The summed E-state index contributed by atoms with van der Waals surface area (Å²) in [4.78, 5) is 7.15. The summed E-state index contributed by atoms with van der Waals surface area (Å²) >= 11 is 0. The summed E-state index contributed by atoms with van der Waals surface area (Å²) in [6, 6.07) is 12.5. The third-order valence-corrected chi connectivity index (χ3v) is 4.47. The van der Waals surface area contributed by atoms with Crippen LogP contribution in [0.3, 0.4) is 0 Å². The van der Waals surface area contributed by atoms with Crippen LogP contribution >= 0.6 is 0 Å². The van der Waals surface area contributed by atoms with Crippen molar-refractivity contribution < 1.29 is 4.74 Å². The molecule has 1 atom stereocenters. The lowest BCUT2D eigenvalue weighted by Crippen LogP contribution is -2.38. The van der Waals surface area contributed by atoms with Crippen LogP contribution in [0.25, 0.3) is 10.9 Å². The molecule has 2 aromatic heterocycles. The van der Waals surface area contributed by atoms with Crippen molar-refractivity contribution in [1.82, 2.24) is 24.6 Å². The second-order valence-electron chi connectivity index (χ2n) is 6.06. The average molecular weight is 323 g/mol. The van der Waals surface area contributed by atoms with Gasteiger partial charge in [-0.3, -0.25) is 9.88 Å². The Labute approximate surface area is 141 Å². The van der Waals surface area contributed by atoms with E-state index in [-0.39, 0.29) is 6.10 Å². The fourth-order valence-corrected chi connectivity index (χ4v) is 3.18. The summed E-state index contributed by atoms with van der Waals surface area (Å²) in [6.45, 7) is 6.19. The first-order valence-corrected chi connectivity index (χ1v) is 8.40. The van der Waals surface area contributed by atoms with Gasteiger partial charge in [0.2, 0.25) is 0 Å². The third kappa shape index (κ3) is 3.02. The van der Waals surface area contributed by atoms with Gasteiger partial charge >= 0.3 is 0 Å². The molecule has 0 aliphatic carbocycles. The summed E-state index contributed by atoms with van der Waals surface area (Å²) < 4.78 is 7.96. The van der Waals surface area contributed by atoms with Gasteiger partial charge in [0.05, 0.1) is 17.8 Å². The van der Waals surface area contributed by atoms with Crippen molar-refractivity contribution in [1.29, 1.82) is 0 Å². The normalized spacial score (nSPS) is 19.0. The van der Waals surface area contributed by atoms with Crippen LogP contribution in [0.4, 0.5) is 0 Å². The van der Waals surface area contributed by atoms with E-state index in [0.29, 0.717) is 6.61 Å². The number of hydrogen-bond acceptors (Lipinski definition) is 5. The Morgan fingerprint density at radius 3 is 3.04 bits per heavy atom. The highest BCUT2D eigenvalue weighted by Gasteiger charge is 2.26. The van der Waals surface area contributed by atoms with Gasteiger partial charge in [0, 0.05) is 31.6 Å². The first-order chi connectivity index (χ1) is 11.8. The van der Waals surface area contributed by atoms with Gasteiger partial charge in [-0.2, -0.15) is 0 Å². The summed E-state index contributed by atoms with van der Waals surface area (Å²) in [5.41, 5.74) is 2.14. The Morgan fingerprint density at radius 2 is 2.12 bits per heavy atom. The van der Waals surface area contributed by atoms with E-state index in [0.717, 1.165) is 43.2 Å². The fraction of sp³-hybridized carbons (Fsp3) is 0.389. The quantitative estimate of drug-likeness (QED) is 0.738. The Morgan fingerprint density at radius 1 is 1.21 bits per heavy atom. The zero-order valence-electron chi connectivity index (χ0n) is 13.8. The topological polar surface area (TPSA) is 56.1 Å². The van der Waals surface area contributed by atoms with E-state index >= 15 is 0 Å². The van der Waals surface area contributed by atoms with Crippen molar-refractivity contribution in [3.05, 3.63) is 54.2 Å². The number of pyridine rings is 1. The number of hydrogen-bond donors (Lipinski definition) is 0. The zero-order chi connectivity index (χ0) is 16.4. The molecule has 24 heavy (non-hydrogen) atoms. The summed E-state index contributed by atoms with van der Waals surface area (Å²) in [5.74, 6) is 0.911. The fourth-order valence-electron chi connectivity index (χ4n) is 3.18. The summed E-state index contributed by atoms with van der Waals surface area (Å²) in [5, 5.41) is 9.43. The highest BCUT2D eigenvalue weighted by molar-refractivity contribution is 5.78. The van der Waals surface area contributed by atoms with Crippen molar-refractivity contribution in [3.63, 3.8) is 0 Å². The lowest BCUT2D eigenvalue weighted by Gasteiger charge is -2.32. The second-order valence-corrected chi connectivity index (χ2v) is 6.06. The maximum absolute atomic E-state index is 5.92. The van der Waals surface area contributed by atoms with Gasteiger partial charge in [-0.05, 0) is 19.1 Å². The molecule has 124 valence electrons. The second kappa shape index (κ2) is 6.67. The number of aryl methyl sites for hydroxylation is 1. The maximum Gasteiger partial charge on any atom is 0.163 e. The number of para-hydroxylation sites is 1. The van der Waals surface area contributed by atoms with Crippen LogP contribution in [0.5, 0.6) is 0 Å². The van der Waals surface area contributed by atoms with Crippen LogP contribution in [-0.2, 0) is 17.8 Å². The Kier molecular flexibility index (Phi) is 4.23. The molecular weight excluding hydrogens is 302 g/mol. The molecule has 0 radical (unpaired) electrons.